The van der Waals surface area contributed by atoms with Crippen molar-refractivity contribution in [1.82, 2.24) is 10.2 Å². The smallest absolute Gasteiger partial charge is 0.359 e. The minimum absolute atomic E-state index is 0.190. The van der Waals surface area contributed by atoms with Crippen molar-refractivity contribution in [2.75, 3.05) is 19.9 Å². The van der Waals surface area contributed by atoms with E-state index in [0.717, 1.165) is 17.3 Å². The van der Waals surface area contributed by atoms with Crippen LogP contribution in [-0.2, 0) is 23.9 Å². The van der Waals surface area contributed by atoms with Gasteiger partial charge < -0.3 is 19.9 Å². The van der Waals surface area contributed by atoms with E-state index in [2.05, 4.69) is 5.32 Å². The van der Waals surface area contributed by atoms with Gasteiger partial charge in [0.1, 0.15) is 5.37 Å². The summed E-state index contributed by atoms with van der Waals surface area (Å²) in [7, 11) is 0. The number of carbonyl (C=O) groups is 3. The second kappa shape index (κ2) is 7.65. The lowest BCUT2D eigenvalue weighted by atomic mass is 9.92. The van der Waals surface area contributed by atoms with Gasteiger partial charge in [-0.3, -0.25) is 14.5 Å². The number of ether oxygens (including phenoxy) is 2. The summed E-state index contributed by atoms with van der Waals surface area (Å²) in [5.74, 6) is -2.00. The van der Waals surface area contributed by atoms with Gasteiger partial charge in [-0.1, -0.05) is 11.8 Å². The van der Waals surface area contributed by atoms with Crippen LogP contribution in [0.5, 0.6) is 0 Å². The number of aliphatic hydroxyl groups excluding tert-OH is 1. The molecule has 0 radical (unpaired) electrons. The van der Waals surface area contributed by atoms with Gasteiger partial charge in [0, 0.05) is 18.3 Å². The van der Waals surface area contributed by atoms with E-state index in [4.69, 9.17) is 9.47 Å². The van der Waals surface area contributed by atoms with Crippen LogP contribution in [0.25, 0.3) is 0 Å². The van der Waals surface area contributed by atoms with Crippen molar-refractivity contribution in [2.24, 2.45) is 11.3 Å². The highest BCUT2D eigenvalue weighted by molar-refractivity contribution is 8.23. The summed E-state index contributed by atoms with van der Waals surface area (Å²) in [6.07, 6.45) is -0.786. The molecular weight excluding hydrogens is 392 g/mol. The molecule has 0 aromatic carbocycles. The average molecular weight is 417 g/mol. The molecular formula is C17H24N2O6S2. The Labute approximate surface area is 166 Å². The second-order valence-electron chi connectivity index (χ2n) is 7.75. The lowest BCUT2D eigenvalue weighted by molar-refractivity contribution is -0.174. The number of hydrogen-bond donors (Lipinski definition) is 2. The van der Waals surface area contributed by atoms with Crippen LogP contribution in [0.3, 0.4) is 0 Å². The molecule has 3 atom stereocenters. The third-order valence-corrected chi connectivity index (χ3v) is 7.27. The Morgan fingerprint density at radius 1 is 1.37 bits per heavy atom. The monoisotopic (exact) mass is 416 g/mol. The molecule has 3 rings (SSSR count). The predicted octanol–water partition coefficient (Wildman–Crippen LogP) is 0.863. The molecule has 1 amide bonds. The number of nitrogens with one attached hydrogen (secondary N) is 1. The zero-order chi connectivity index (χ0) is 19.9. The fourth-order valence-corrected chi connectivity index (χ4v) is 5.98. The SMILES string of the molecule is CC(O)C1C(=O)N2C(C(=O)OCOC(=O)C(C)(C)C)=C(SC3CNC3)S[C@H]12. The molecule has 27 heavy (non-hydrogen) atoms. The molecule has 3 heterocycles. The Morgan fingerprint density at radius 2 is 2.04 bits per heavy atom. The van der Waals surface area contributed by atoms with E-state index in [1.165, 1.54) is 28.4 Å². The number of aliphatic hydroxyl groups is 1. The minimum Gasteiger partial charge on any atom is -0.427 e. The summed E-state index contributed by atoms with van der Waals surface area (Å²) in [6.45, 7) is 7.85. The molecule has 2 fully saturated rings. The van der Waals surface area contributed by atoms with Gasteiger partial charge in [0.05, 0.1) is 21.7 Å². The first-order chi connectivity index (χ1) is 12.6. The van der Waals surface area contributed by atoms with Gasteiger partial charge in [0.2, 0.25) is 12.7 Å². The summed E-state index contributed by atoms with van der Waals surface area (Å²) in [6, 6.07) is 0. The third kappa shape index (κ3) is 3.98. The largest absolute Gasteiger partial charge is 0.427 e. The number of thioether (sulfide) groups is 2. The number of esters is 2. The van der Waals surface area contributed by atoms with E-state index in [9.17, 15) is 19.5 Å². The molecule has 0 aliphatic carbocycles. The van der Waals surface area contributed by atoms with Gasteiger partial charge in [-0.25, -0.2) is 4.79 Å². The predicted molar refractivity (Wildman–Crippen MR) is 101 cm³/mol. The standard InChI is InChI=1S/C17H24N2O6S2/c1-8(20)10-12(21)19-11(14(22)24-7-25-16(23)17(2,3)4)15(27-13(10)19)26-9-5-18-6-9/h8-10,13,18,20H,5-7H2,1-4H3/t8?,10?,13-/m1/s1. The number of carbonyl (C=O) groups excluding carboxylic acids is 3. The summed E-state index contributed by atoms with van der Waals surface area (Å²) in [5.41, 5.74) is -0.508. The highest BCUT2D eigenvalue weighted by atomic mass is 32.2. The molecule has 0 aromatic heterocycles. The van der Waals surface area contributed by atoms with Crippen LogP contribution < -0.4 is 5.32 Å². The Balaban J connectivity index is 1.68. The van der Waals surface area contributed by atoms with E-state index in [1.54, 1.807) is 27.7 Å². The van der Waals surface area contributed by atoms with Crippen LogP contribution in [-0.4, -0.2) is 64.5 Å². The van der Waals surface area contributed by atoms with Gasteiger partial charge in [-0.15, -0.1) is 11.8 Å². The maximum absolute atomic E-state index is 12.6. The Hall–Kier alpha value is -1.23. The van der Waals surface area contributed by atoms with Crippen molar-refractivity contribution in [2.45, 2.75) is 44.4 Å². The van der Waals surface area contributed by atoms with Gasteiger partial charge >= 0.3 is 11.9 Å². The highest BCUT2D eigenvalue weighted by Gasteiger charge is 2.58. The first-order valence-corrected chi connectivity index (χ1v) is 10.5. The van der Waals surface area contributed by atoms with Gasteiger partial charge in [0.25, 0.3) is 0 Å². The van der Waals surface area contributed by atoms with Crippen LogP contribution in [0.15, 0.2) is 9.93 Å². The van der Waals surface area contributed by atoms with E-state index >= 15 is 0 Å². The van der Waals surface area contributed by atoms with Crippen LogP contribution in [0, 0.1) is 11.3 Å². The number of β-lactam (4-membered cyclic amide) rings is 1. The number of nitrogens with zero attached hydrogens (tertiary/aromatic N) is 1. The minimum atomic E-state index is -0.786. The molecule has 10 heteroatoms. The van der Waals surface area contributed by atoms with Gasteiger partial charge in [0.15, 0.2) is 5.70 Å². The van der Waals surface area contributed by atoms with Crippen molar-refractivity contribution in [3.05, 3.63) is 9.93 Å². The van der Waals surface area contributed by atoms with Crippen molar-refractivity contribution in [3.63, 3.8) is 0 Å². The normalized spacial score (nSPS) is 26.3. The van der Waals surface area contributed by atoms with Crippen molar-refractivity contribution >= 4 is 41.4 Å². The summed E-state index contributed by atoms with van der Waals surface area (Å²) >= 11 is 2.94. The van der Waals surface area contributed by atoms with E-state index in [1.807, 2.05) is 0 Å². The summed E-state index contributed by atoms with van der Waals surface area (Å²) in [5, 5.41) is 13.0. The summed E-state index contributed by atoms with van der Waals surface area (Å²) < 4.78 is 10.8. The molecule has 0 spiro atoms. The molecule has 0 bridgehead atoms. The number of fused-ring (bicyclic) bond motifs is 1. The number of amides is 1. The van der Waals surface area contributed by atoms with Crippen LogP contribution in [0.1, 0.15) is 27.7 Å². The topological polar surface area (TPSA) is 105 Å². The number of hydrogen-bond acceptors (Lipinski definition) is 9. The van der Waals surface area contributed by atoms with Crippen molar-refractivity contribution in [3.8, 4) is 0 Å². The van der Waals surface area contributed by atoms with Crippen LogP contribution in [0.4, 0.5) is 0 Å². The molecule has 0 aromatic rings. The van der Waals surface area contributed by atoms with Gasteiger partial charge in [-0.05, 0) is 27.7 Å². The molecule has 150 valence electrons. The molecule has 8 nitrogen and oxygen atoms in total. The maximum atomic E-state index is 12.6. The molecule has 2 N–H and O–H groups in total. The lowest BCUT2D eigenvalue weighted by Crippen LogP contribution is -2.60. The van der Waals surface area contributed by atoms with E-state index in [0.29, 0.717) is 5.25 Å². The van der Waals surface area contributed by atoms with E-state index < -0.39 is 36.2 Å². The average Bonchev–Trinajstić information content (AvgIpc) is 2.83. The quantitative estimate of drug-likeness (QED) is 0.370. The molecule has 3 aliphatic rings. The van der Waals surface area contributed by atoms with Crippen LogP contribution in [0.2, 0.25) is 0 Å². The highest BCUT2D eigenvalue weighted by Crippen LogP contribution is 2.54. The zero-order valence-electron chi connectivity index (χ0n) is 15.7. The van der Waals surface area contributed by atoms with Crippen molar-refractivity contribution < 1.29 is 29.0 Å². The fourth-order valence-electron chi connectivity index (χ4n) is 2.74. The molecule has 2 unspecified atom stereocenters. The Morgan fingerprint density at radius 3 is 2.56 bits per heavy atom. The Kier molecular flexibility index (Phi) is 5.81. The van der Waals surface area contributed by atoms with Gasteiger partial charge in [-0.2, -0.15) is 0 Å². The molecule has 3 aliphatic heterocycles. The lowest BCUT2D eigenvalue weighted by Gasteiger charge is -2.43. The van der Waals surface area contributed by atoms with Crippen LogP contribution >= 0.6 is 23.5 Å². The van der Waals surface area contributed by atoms with E-state index in [-0.39, 0.29) is 17.0 Å². The first-order valence-electron chi connectivity index (χ1n) is 8.75. The number of rotatable bonds is 6. The third-order valence-electron chi connectivity index (χ3n) is 4.47. The zero-order valence-corrected chi connectivity index (χ0v) is 17.3. The Bertz CT molecular complexity index is 683. The summed E-state index contributed by atoms with van der Waals surface area (Å²) in [4.78, 5) is 38.2. The molecule has 2 saturated heterocycles. The fraction of sp³-hybridized carbons (Fsp3) is 0.706. The maximum Gasteiger partial charge on any atom is 0.359 e. The first kappa shape index (κ1) is 20.5. The van der Waals surface area contributed by atoms with Crippen molar-refractivity contribution in [1.29, 1.82) is 0 Å². The second-order valence-corrected chi connectivity index (χ2v) is 10.4. The molecule has 0 saturated carbocycles.